The fraction of sp³-hybridized carbons (Fsp3) is 0.0909. The average Bonchev–Trinajstić information content (AvgIpc) is 3.47. The van der Waals surface area contributed by atoms with E-state index < -0.39 is 11.9 Å². The van der Waals surface area contributed by atoms with Crippen LogP contribution in [0, 0.1) is 5.82 Å². The first kappa shape index (κ1) is 20.0. The molecule has 0 saturated carbocycles. The molecule has 0 saturated heterocycles. The van der Waals surface area contributed by atoms with Gasteiger partial charge in [-0.25, -0.2) is 4.39 Å². The second-order valence-electron chi connectivity index (χ2n) is 6.67. The molecular formula is C22H17FN4O4. The fourth-order valence-electron chi connectivity index (χ4n) is 2.81. The third-order valence-electron chi connectivity index (χ3n) is 4.39. The van der Waals surface area contributed by atoms with Crippen molar-refractivity contribution in [1.82, 2.24) is 15.5 Å². The normalized spacial score (nSPS) is 11.7. The van der Waals surface area contributed by atoms with Gasteiger partial charge < -0.3 is 19.6 Å². The van der Waals surface area contributed by atoms with Gasteiger partial charge in [0, 0.05) is 16.8 Å². The lowest BCUT2D eigenvalue weighted by Gasteiger charge is -2.11. The summed E-state index contributed by atoms with van der Waals surface area (Å²) in [6.07, 6.45) is 1.40. The molecule has 0 fully saturated rings. The lowest BCUT2D eigenvalue weighted by Crippen LogP contribution is -2.27. The largest absolute Gasteiger partial charge is 0.459 e. The molecule has 0 spiro atoms. The highest BCUT2D eigenvalue weighted by Gasteiger charge is 2.19. The van der Waals surface area contributed by atoms with Crippen LogP contribution in [0.4, 0.5) is 10.1 Å². The number of amides is 2. The second kappa shape index (κ2) is 8.62. The molecular weight excluding hydrogens is 403 g/mol. The van der Waals surface area contributed by atoms with E-state index >= 15 is 0 Å². The molecule has 31 heavy (non-hydrogen) atoms. The summed E-state index contributed by atoms with van der Waals surface area (Å²) < 4.78 is 23.4. The Kier molecular flexibility index (Phi) is 5.57. The van der Waals surface area contributed by atoms with Crippen molar-refractivity contribution >= 4 is 17.5 Å². The Morgan fingerprint density at radius 1 is 1.03 bits per heavy atom. The molecule has 2 amide bonds. The van der Waals surface area contributed by atoms with Crippen molar-refractivity contribution in [3.8, 4) is 11.4 Å². The molecule has 4 aromatic rings. The predicted molar refractivity (Wildman–Crippen MR) is 109 cm³/mol. The lowest BCUT2D eigenvalue weighted by atomic mass is 10.1. The highest BCUT2D eigenvalue weighted by atomic mass is 19.1. The summed E-state index contributed by atoms with van der Waals surface area (Å²) in [6, 6.07) is 14.7. The molecule has 0 aliphatic carbocycles. The molecule has 156 valence electrons. The number of nitrogens with one attached hydrogen (secondary N) is 2. The van der Waals surface area contributed by atoms with Crippen LogP contribution in [-0.4, -0.2) is 22.0 Å². The number of nitrogens with zero attached hydrogens (tertiary/aromatic N) is 2. The number of hydrogen-bond donors (Lipinski definition) is 2. The minimum absolute atomic E-state index is 0.164. The van der Waals surface area contributed by atoms with Crippen molar-refractivity contribution in [1.29, 1.82) is 0 Å². The summed E-state index contributed by atoms with van der Waals surface area (Å²) in [5.74, 6) is -0.514. The predicted octanol–water partition coefficient (Wildman–Crippen LogP) is 4.21. The minimum Gasteiger partial charge on any atom is -0.459 e. The number of hydrogen-bond acceptors (Lipinski definition) is 6. The number of carbonyl (C=O) groups is 2. The number of carbonyl (C=O) groups excluding carboxylic acids is 2. The molecule has 2 N–H and O–H groups in total. The quantitative estimate of drug-likeness (QED) is 0.483. The Balaban J connectivity index is 1.42. The number of halogens is 1. The standard InChI is InChI=1S/C22H17FN4O4/c1-13(22-26-19(27-31-22)14-7-9-16(23)10-8-14)24-20(28)15-4-2-5-17(12-15)25-21(29)18-6-3-11-30-18/h2-13H,1H3,(H,24,28)(H,25,29). The van der Waals surface area contributed by atoms with Gasteiger partial charge in [0.2, 0.25) is 11.7 Å². The topological polar surface area (TPSA) is 110 Å². The zero-order valence-corrected chi connectivity index (χ0v) is 16.3. The van der Waals surface area contributed by atoms with Crippen LogP contribution in [0.3, 0.4) is 0 Å². The maximum absolute atomic E-state index is 13.1. The Bertz CT molecular complexity index is 1200. The summed E-state index contributed by atoms with van der Waals surface area (Å²) in [5, 5.41) is 9.31. The van der Waals surface area contributed by atoms with E-state index in [1.165, 1.54) is 36.6 Å². The lowest BCUT2D eigenvalue weighted by molar-refractivity contribution is 0.0931. The number of rotatable bonds is 6. The van der Waals surface area contributed by atoms with Gasteiger partial charge in [0.1, 0.15) is 11.9 Å². The van der Waals surface area contributed by atoms with Crippen LogP contribution < -0.4 is 10.6 Å². The third kappa shape index (κ3) is 4.67. The van der Waals surface area contributed by atoms with Crippen LogP contribution in [0.1, 0.15) is 39.8 Å². The maximum atomic E-state index is 13.1. The van der Waals surface area contributed by atoms with E-state index in [0.29, 0.717) is 22.6 Å². The highest BCUT2D eigenvalue weighted by molar-refractivity contribution is 6.03. The van der Waals surface area contributed by atoms with Crippen molar-refractivity contribution in [2.24, 2.45) is 0 Å². The summed E-state index contributed by atoms with van der Waals surface area (Å²) >= 11 is 0. The summed E-state index contributed by atoms with van der Waals surface area (Å²) in [6.45, 7) is 1.70. The molecule has 2 heterocycles. The van der Waals surface area contributed by atoms with Gasteiger partial charge in [-0.3, -0.25) is 9.59 Å². The van der Waals surface area contributed by atoms with Crippen LogP contribution in [0.2, 0.25) is 0 Å². The third-order valence-corrected chi connectivity index (χ3v) is 4.39. The molecule has 1 unspecified atom stereocenters. The summed E-state index contributed by atoms with van der Waals surface area (Å²) in [7, 11) is 0. The number of benzene rings is 2. The molecule has 0 bridgehead atoms. The van der Waals surface area contributed by atoms with Crippen LogP contribution in [0.15, 0.2) is 75.9 Å². The molecule has 0 aliphatic heterocycles. The number of furan rings is 1. The molecule has 1 atom stereocenters. The van der Waals surface area contributed by atoms with E-state index in [0.717, 1.165) is 0 Å². The van der Waals surface area contributed by atoms with Crippen LogP contribution >= 0.6 is 0 Å². The number of aromatic nitrogens is 2. The first-order chi connectivity index (χ1) is 15.0. The van der Waals surface area contributed by atoms with Crippen molar-refractivity contribution in [2.75, 3.05) is 5.32 Å². The van der Waals surface area contributed by atoms with E-state index in [4.69, 9.17) is 8.94 Å². The molecule has 4 rings (SSSR count). The van der Waals surface area contributed by atoms with Gasteiger partial charge in [0.15, 0.2) is 5.76 Å². The molecule has 9 heteroatoms. The van der Waals surface area contributed by atoms with Gasteiger partial charge in [-0.15, -0.1) is 0 Å². The van der Waals surface area contributed by atoms with Gasteiger partial charge in [-0.1, -0.05) is 11.2 Å². The van der Waals surface area contributed by atoms with Crippen LogP contribution in [0.5, 0.6) is 0 Å². The molecule has 2 aromatic heterocycles. The maximum Gasteiger partial charge on any atom is 0.291 e. The molecule has 0 radical (unpaired) electrons. The Hall–Kier alpha value is -4.27. The smallest absolute Gasteiger partial charge is 0.291 e. The highest BCUT2D eigenvalue weighted by Crippen LogP contribution is 2.20. The Morgan fingerprint density at radius 3 is 2.58 bits per heavy atom. The van der Waals surface area contributed by atoms with Gasteiger partial charge in [-0.2, -0.15) is 4.98 Å². The minimum atomic E-state index is -0.574. The zero-order chi connectivity index (χ0) is 21.8. The SMILES string of the molecule is CC(NC(=O)c1cccc(NC(=O)c2ccco2)c1)c1nc(-c2ccc(F)cc2)no1. The van der Waals surface area contributed by atoms with Crippen molar-refractivity contribution < 1.29 is 22.9 Å². The second-order valence-corrected chi connectivity index (χ2v) is 6.67. The Labute approximate surface area is 176 Å². The van der Waals surface area contributed by atoms with Crippen LogP contribution in [0.25, 0.3) is 11.4 Å². The van der Waals surface area contributed by atoms with Crippen molar-refractivity contribution in [2.45, 2.75) is 13.0 Å². The summed E-state index contributed by atoms with van der Waals surface area (Å²) in [5.41, 5.74) is 1.37. The van der Waals surface area contributed by atoms with E-state index in [1.54, 1.807) is 37.3 Å². The Morgan fingerprint density at radius 2 is 1.84 bits per heavy atom. The number of anilines is 1. The van der Waals surface area contributed by atoms with E-state index in [2.05, 4.69) is 20.8 Å². The van der Waals surface area contributed by atoms with Crippen molar-refractivity contribution in [3.63, 3.8) is 0 Å². The average molecular weight is 420 g/mol. The van der Waals surface area contributed by atoms with Gasteiger partial charge in [0.25, 0.3) is 11.8 Å². The molecule has 8 nitrogen and oxygen atoms in total. The van der Waals surface area contributed by atoms with Gasteiger partial charge in [0.05, 0.1) is 6.26 Å². The first-order valence-electron chi connectivity index (χ1n) is 9.35. The molecule has 0 aliphatic rings. The summed E-state index contributed by atoms with van der Waals surface area (Å²) in [4.78, 5) is 29.0. The first-order valence-corrected chi connectivity index (χ1v) is 9.35. The fourth-order valence-corrected chi connectivity index (χ4v) is 2.81. The van der Waals surface area contributed by atoms with E-state index in [9.17, 15) is 14.0 Å². The monoisotopic (exact) mass is 420 g/mol. The van der Waals surface area contributed by atoms with Gasteiger partial charge in [-0.05, 0) is 61.5 Å². The van der Waals surface area contributed by atoms with Crippen LogP contribution in [-0.2, 0) is 0 Å². The van der Waals surface area contributed by atoms with Crippen molar-refractivity contribution in [3.05, 3.63) is 90.0 Å². The zero-order valence-electron chi connectivity index (χ0n) is 16.3. The van der Waals surface area contributed by atoms with E-state index in [-0.39, 0.29) is 23.4 Å². The van der Waals surface area contributed by atoms with Gasteiger partial charge >= 0.3 is 0 Å². The molecule has 2 aromatic carbocycles. The van der Waals surface area contributed by atoms with E-state index in [1.807, 2.05) is 0 Å².